The molecule has 0 aliphatic carbocycles. The first kappa shape index (κ1) is 18.6. The van der Waals surface area contributed by atoms with Crippen LogP contribution < -0.4 is 0 Å². The van der Waals surface area contributed by atoms with Crippen LogP contribution in [0.4, 0.5) is 0 Å². The summed E-state index contributed by atoms with van der Waals surface area (Å²) in [6.45, 7) is 8.43. The molecular formula is C21H29N3O2. The predicted molar refractivity (Wildman–Crippen MR) is 103 cm³/mol. The van der Waals surface area contributed by atoms with E-state index in [0.29, 0.717) is 31.2 Å². The van der Waals surface area contributed by atoms with E-state index in [1.807, 2.05) is 30.0 Å². The SMILES string of the molecule is Cc1cccc(-c2[nH]ncc2C(=O)N2CCO[C@H](CCCC(C)C)C2)c1. The van der Waals surface area contributed by atoms with Gasteiger partial charge in [0.25, 0.3) is 5.91 Å². The van der Waals surface area contributed by atoms with Crippen LogP contribution in [0.5, 0.6) is 0 Å². The van der Waals surface area contributed by atoms with E-state index in [1.165, 1.54) is 6.42 Å². The molecular weight excluding hydrogens is 326 g/mol. The maximum atomic E-state index is 13.1. The van der Waals surface area contributed by atoms with Crippen molar-refractivity contribution in [1.29, 1.82) is 0 Å². The number of carbonyl (C=O) groups excluding carboxylic acids is 1. The Bertz CT molecular complexity index is 738. The number of nitrogens with zero attached hydrogens (tertiary/aromatic N) is 2. The van der Waals surface area contributed by atoms with Gasteiger partial charge in [0.05, 0.1) is 30.2 Å². The van der Waals surface area contributed by atoms with Crippen LogP contribution in [0.2, 0.25) is 0 Å². The van der Waals surface area contributed by atoms with Gasteiger partial charge in [-0.05, 0) is 25.3 Å². The quantitative estimate of drug-likeness (QED) is 0.850. The van der Waals surface area contributed by atoms with Crippen molar-refractivity contribution in [1.82, 2.24) is 15.1 Å². The van der Waals surface area contributed by atoms with Gasteiger partial charge >= 0.3 is 0 Å². The van der Waals surface area contributed by atoms with E-state index in [4.69, 9.17) is 4.74 Å². The molecule has 2 heterocycles. The monoisotopic (exact) mass is 355 g/mol. The molecule has 26 heavy (non-hydrogen) atoms. The van der Waals surface area contributed by atoms with Crippen LogP contribution in [0.1, 0.15) is 49.0 Å². The van der Waals surface area contributed by atoms with Gasteiger partial charge in [-0.2, -0.15) is 5.10 Å². The Hall–Kier alpha value is -2.14. The van der Waals surface area contributed by atoms with Gasteiger partial charge in [-0.15, -0.1) is 0 Å². The Morgan fingerprint density at radius 2 is 2.27 bits per heavy atom. The lowest BCUT2D eigenvalue weighted by Gasteiger charge is -2.33. The molecule has 1 aliphatic heterocycles. The van der Waals surface area contributed by atoms with Gasteiger partial charge in [0.15, 0.2) is 0 Å². The molecule has 1 aliphatic rings. The van der Waals surface area contributed by atoms with Gasteiger partial charge in [-0.3, -0.25) is 9.89 Å². The van der Waals surface area contributed by atoms with Gasteiger partial charge in [0.2, 0.25) is 0 Å². The van der Waals surface area contributed by atoms with E-state index >= 15 is 0 Å². The van der Waals surface area contributed by atoms with Gasteiger partial charge < -0.3 is 9.64 Å². The molecule has 0 radical (unpaired) electrons. The molecule has 1 aromatic carbocycles. The lowest BCUT2D eigenvalue weighted by molar-refractivity contribution is -0.0259. The molecule has 1 amide bonds. The molecule has 0 unspecified atom stereocenters. The lowest BCUT2D eigenvalue weighted by Crippen LogP contribution is -2.45. The zero-order chi connectivity index (χ0) is 18.5. The standard InChI is InChI=1S/C21H29N3O2/c1-15(2)6-4-9-18-14-24(10-11-26-18)21(25)19-13-22-23-20(19)17-8-5-7-16(3)12-17/h5,7-8,12-13,15,18H,4,6,9-11,14H2,1-3H3,(H,22,23)/t18-/m1/s1. The summed E-state index contributed by atoms with van der Waals surface area (Å²) >= 11 is 0. The number of nitrogens with one attached hydrogen (secondary N) is 1. The van der Waals surface area contributed by atoms with Crippen LogP contribution in [0.3, 0.4) is 0 Å². The maximum Gasteiger partial charge on any atom is 0.257 e. The van der Waals surface area contributed by atoms with Crippen molar-refractivity contribution >= 4 is 5.91 Å². The van der Waals surface area contributed by atoms with E-state index in [9.17, 15) is 4.79 Å². The Balaban J connectivity index is 1.69. The number of aromatic amines is 1. The minimum atomic E-state index is 0.0346. The second kappa shape index (κ2) is 8.49. The Morgan fingerprint density at radius 3 is 3.04 bits per heavy atom. The summed E-state index contributed by atoms with van der Waals surface area (Å²) < 4.78 is 5.87. The first-order valence-electron chi connectivity index (χ1n) is 9.56. The minimum Gasteiger partial charge on any atom is -0.375 e. The molecule has 0 spiro atoms. The van der Waals surface area contributed by atoms with E-state index < -0.39 is 0 Å². The van der Waals surface area contributed by atoms with Crippen LogP contribution in [-0.4, -0.2) is 46.8 Å². The average Bonchev–Trinajstić information content (AvgIpc) is 3.11. The highest BCUT2D eigenvalue weighted by atomic mass is 16.5. The second-order valence-electron chi connectivity index (χ2n) is 7.60. The second-order valence-corrected chi connectivity index (χ2v) is 7.60. The van der Waals surface area contributed by atoms with E-state index in [0.717, 1.165) is 29.7 Å². The number of morpholine rings is 1. The fourth-order valence-electron chi connectivity index (χ4n) is 3.47. The summed E-state index contributed by atoms with van der Waals surface area (Å²) in [6, 6.07) is 8.12. The van der Waals surface area contributed by atoms with Crippen molar-refractivity contribution in [3.8, 4) is 11.3 Å². The average molecular weight is 355 g/mol. The van der Waals surface area contributed by atoms with Crippen molar-refractivity contribution in [2.24, 2.45) is 5.92 Å². The number of aryl methyl sites for hydroxylation is 1. The summed E-state index contributed by atoms with van der Waals surface area (Å²) in [4.78, 5) is 15.0. The van der Waals surface area contributed by atoms with E-state index in [2.05, 4.69) is 30.1 Å². The smallest absolute Gasteiger partial charge is 0.257 e. The number of ether oxygens (including phenoxy) is 1. The molecule has 0 bridgehead atoms. The Labute approximate surface area is 155 Å². The number of carbonyl (C=O) groups is 1. The van der Waals surface area contributed by atoms with Crippen LogP contribution >= 0.6 is 0 Å². The molecule has 2 aromatic rings. The minimum absolute atomic E-state index is 0.0346. The Kier molecular flexibility index (Phi) is 6.09. The molecule has 0 saturated carbocycles. The molecule has 1 aromatic heterocycles. The topological polar surface area (TPSA) is 58.2 Å². The van der Waals surface area contributed by atoms with Gasteiger partial charge in [-0.25, -0.2) is 0 Å². The van der Waals surface area contributed by atoms with Crippen LogP contribution in [0.15, 0.2) is 30.5 Å². The summed E-state index contributed by atoms with van der Waals surface area (Å²) in [5.74, 6) is 0.742. The van der Waals surface area contributed by atoms with Crippen LogP contribution in [0, 0.1) is 12.8 Å². The number of hydrogen-bond acceptors (Lipinski definition) is 3. The van der Waals surface area contributed by atoms with Gasteiger partial charge in [0, 0.05) is 18.7 Å². The largest absolute Gasteiger partial charge is 0.375 e. The third-order valence-electron chi connectivity index (χ3n) is 4.91. The van der Waals surface area contributed by atoms with Crippen molar-refractivity contribution in [3.63, 3.8) is 0 Å². The summed E-state index contributed by atoms with van der Waals surface area (Å²) in [6.07, 6.45) is 5.14. The third-order valence-corrected chi connectivity index (χ3v) is 4.91. The van der Waals surface area contributed by atoms with Crippen LogP contribution in [-0.2, 0) is 4.74 Å². The Morgan fingerprint density at radius 1 is 1.42 bits per heavy atom. The molecule has 140 valence electrons. The number of rotatable bonds is 6. The number of hydrogen-bond donors (Lipinski definition) is 1. The molecule has 1 fully saturated rings. The highest BCUT2D eigenvalue weighted by Gasteiger charge is 2.27. The zero-order valence-corrected chi connectivity index (χ0v) is 16.0. The maximum absolute atomic E-state index is 13.1. The molecule has 1 saturated heterocycles. The summed E-state index contributed by atoms with van der Waals surface area (Å²) in [7, 11) is 0. The predicted octanol–water partition coefficient (Wildman–Crippen LogP) is 4.05. The van der Waals surface area contributed by atoms with Crippen molar-refractivity contribution < 1.29 is 9.53 Å². The highest BCUT2D eigenvalue weighted by molar-refractivity contribution is 5.99. The third kappa shape index (κ3) is 4.52. The van der Waals surface area contributed by atoms with Gasteiger partial charge in [0.1, 0.15) is 0 Å². The highest BCUT2D eigenvalue weighted by Crippen LogP contribution is 2.24. The fourth-order valence-corrected chi connectivity index (χ4v) is 3.47. The molecule has 1 atom stereocenters. The lowest BCUT2D eigenvalue weighted by atomic mass is 10.0. The fraction of sp³-hybridized carbons (Fsp3) is 0.524. The van der Waals surface area contributed by atoms with E-state index in [-0.39, 0.29) is 12.0 Å². The first-order chi connectivity index (χ1) is 12.5. The molecule has 5 heteroatoms. The number of aromatic nitrogens is 2. The van der Waals surface area contributed by atoms with Crippen molar-refractivity contribution in [2.45, 2.75) is 46.1 Å². The van der Waals surface area contributed by atoms with Crippen molar-refractivity contribution in [3.05, 3.63) is 41.6 Å². The number of H-pyrrole nitrogens is 1. The normalized spacial score (nSPS) is 17.7. The zero-order valence-electron chi connectivity index (χ0n) is 16.0. The summed E-state index contributed by atoms with van der Waals surface area (Å²) in [5, 5.41) is 7.13. The van der Waals surface area contributed by atoms with E-state index in [1.54, 1.807) is 6.20 Å². The van der Waals surface area contributed by atoms with Gasteiger partial charge in [-0.1, -0.05) is 50.5 Å². The molecule has 3 rings (SSSR count). The number of amides is 1. The van der Waals surface area contributed by atoms with Crippen molar-refractivity contribution in [2.75, 3.05) is 19.7 Å². The first-order valence-corrected chi connectivity index (χ1v) is 9.56. The molecule has 5 nitrogen and oxygen atoms in total. The molecule has 1 N–H and O–H groups in total. The summed E-state index contributed by atoms with van der Waals surface area (Å²) in [5.41, 5.74) is 3.58. The number of benzene rings is 1. The van der Waals surface area contributed by atoms with Crippen LogP contribution in [0.25, 0.3) is 11.3 Å².